The lowest BCUT2D eigenvalue weighted by atomic mass is 10.0. The minimum Gasteiger partial charge on any atom is -0.495 e. The van der Waals surface area contributed by atoms with Gasteiger partial charge in [0.2, 0.25) is 0 Å². The number of nitrogens with zero attached hydrogens (tertiary/aromatic N) is 2. The maximum absolute atomic E-state index is 5.50. The first-order chi connectivity index (χ1) is 9.72. The van der Waals surface area contributed by atoms with Crippen LogP contribution in [0.5, 0.6) is 5.75 Å². The normalized spacial score (nSPS) is 18.4. The fourth-order valence-corrected chi connectivity index (χ4v) is 3.23. The molecule has 1 unspecified atom stereocenters. The van der Waals surface area contributed by atoms with E-state index >= 15 is 0 Å². The Hall–Kier alpha value is -1.52. The number of aromatic nitrogens is 1. The summed E-state index contributed by atoms with van der Waals surface area (Å²) in [5, 5.41) is 4.72. The second-order valence-electron chi connectivity index (χ2n) is 5.51. The lowest BCUT2D eigenvalue weighted by molar-refractivity contribution is 0.186. The van der Waals surface area contributed by atoms with E-state index in [2.05, 4.69) is 47.1 Å². The Morgan fingerprint density at radius 3 is 2.70 bits per heavy atom. The highest BCUT2D eigenvalue weighted by Gasteiger charge is 2.22. The molecule has 0 spiro atoms. The standard InChI is InChI=1S/C16H23N3O/c1-12(19-9-7-17-8-10-19)14-11-18(2)16-13(14)5-4-6-15(16)20-3/h4-6,11-12,17H,7-10H2,1-3H3. The van der Waals surface area contributed by atoms with Crippen molar-refractivity contribution in [2.24, 2.45) is 7.05 Å². The molecule has 0 radical (unpaired) electrons. The first-order valence-corrected chi connectivity index (χ1v) is 7.29. The molecule has 1 N–H and O–H groups in total. The van der Waals surface area contributed by atoms with Crippen molar-refractivity contribution in [1.29, 1.82) is 0 Å². The summed E-state index contributed by atoms with van der Waals surface area (Å²) in [6.07, 6.45) is 2.25. The van der Waals surface area contributed by atoms with Crippen molar-refractivity contribution in [2.75, 3.05) is 33.3 Å². The van der Waals surface area contributed by atoms with Gasteiger partial charge in [0, 0.05) is 50.9 Å². The molecule has 1 saturated heterocycles. The minimum absolute atomic E-state index is 0.438. The molecule has 1 atom stereocenters. The Balaban J connectivity index is 2.03. The van der Waals surface area contributed by atoms with Gasteiger partial charge >= 0.3 is 0 Å². The Bertz CT molecular complexity index is 599. The van der Waals surface area contributed by atoms with Crippen LogP contribution in [-0.2, 0) is 7.05 Å². The number of ether oxygens (including phenoxy) is 1. The smallest absolute Gasteiger partial charge is 0.143 e. The van der Waals surface area contributed by atoms with Gasteiger partial charge in [-0.15, -0.1) is 0 Å². The SMILES string of the molecule is COc1cccc2c(C(C)N3CCNCC3)cn(C)c12. The average Bonchev–Trinajstić information content (AvgIpc) is 2.85. The van der Waals surface area contributed by atoms with Crippen LogP contribution < -0.4 is 10.1 Å². The van der Waals surface area contributed by atoms with Crippen molar-refractivity contribution in [3.63, 3.8) is 0 Å². The highest BCUT2D eigenvalue weighted by atomic mass is 16.5. The van der Waals surface area contributed by atoms with Crippen LogP contribution in [-0.4, -0.2) is 42.8 Å². The molecular formula is C16H23N3O. The van der Waals surface area contributed by atoms with E-state index in [1.807, 2.05) is 6.07 Å². The van der Waals surface area contributed by atoms with Crippen LogP contribution in [0, 0.1) is 0 Å². The van der Waals surface area contributed by atoms with Gasteiger partial charge in [-0.2, -0.15) is 0 Å². The fourth-order valence-electron chi connectivity index (χ4n) is 3.23. The molecule has 1 aliphatic heterocycles. The monoisotopic (exact) mass is 273 g/mol. The molecule has 0 aliphatic carbocycles. The Morgan fingerprint density at radius 2 is 2.00 bits per heavy atom. The topological polar surface area (TPSA) is 29.4 Å². The van der Waals surface area contributed by atoms with E-state index in [1.165, 1.54) is 16.5 Å². The second-order valence-corrected chi connectivity index (χ2v) is 5.51. The van der Waals surface area contributed by atoms with Crippen molar-refractivity contribution < 1.29 is 4.74 Å². The van der Waals surface area contributed by atoms with Gasteiger partial charge in [-0.25, -0.2) is 0 Å². The van der Waals surface area contributed by atoms with Gasteiger partial charge < -0.3 is 14.6 Å². The number of benzene rings is 1. The van der Waals surface area contributed by atoms with Crippen LogP contribution in [0.3, 0.4) is 0 Å². The third-order valence-electron chi connectivity index (χ3n) is 4.36. The molecule has 4 heteroatoms. The van der Waals surface area contributed by atoms with E-state index in [9.17, 15) is 0 Å². The molecule has 108 valence electrons. The van der Waals surface area contributed by atoms with Crippen molar-refractivity contribution in [1.82, 2.24) is 14.8 Å². The third kappa shape index (κ3) is 2.19. The number of fused-ring (bicyclic) bond motifs is 1. The summed E-state index contributed by atoms with van der Waals surface area (Å²) in [6, 6.07) is 6.75. The van der Waals surface area contributed by atoms with Crippen LogP contribution in [0.1, 0.15) is 18.5 Å². The van der Waals surface area contributed by atoms with Gasteiger partial charge in [0.25, 0.3) is 0 Å². The maximum Gasteiger partial charge on any atom is 0.143 e. The number of aryl methyl sites for hydroxylation is 1. The molecule has 20 heavy (non-hydrogen) atoms. The predicted molar refractivity (Wildman–Crippen MR) is 82.3 cm³/mol. The summed E-state index contributed by atoms with van der Waals surface area (Å²) >= 11 is 0. The van der Waals surface area contributed by atoms with Gasteiger partial charge in [0.15, 0.2) is 0 Å². The van der Waals surface area contributed by atoms with Crippen molar-refractivity contribution in [3.8, 4) is 5.75 Å². The highest BCUT2D eigenvalue weighted by molar-refractivity contribution is 5.89. The van der Waals surface area contributed by atoms with Crippen molar-refractivity contribution >= 4 is 10.9 Å². The molecule has 4 nitrogen and oxygen atoms in total. The number of para-hydroxylation sites is 1. The van der Waals surface area contributed by atoms with Crippen LogP contribution in [0.25, 0.3) is 10.9 Å². The molecule has 2 heterocycles. The molecule has 2 aromatic rings. The number of hydrogen-bond acceptors (Lipinski definition) is 3. The third-order valence-corrected chi connectivity index (χ3v) is 4.36. The van der Waals surface area contributed by atoms with Crippen LogP contribution >= 0.6 is 0 Å². The minimum atomic E-state index is 0.438. The summed E-state index contributed by atoms with van der Waals surface area (Å²) in [6.45, 7) is 6.69. The molecule has 1 fully saturated rings. The highest BCUT2D eigenvalue weighted by Crippen LogP contribution is 2.34. The largest absolute Gasteiger partial charge is 0.495 e. The maximum atomic E-state index is 5.50. The Kier molecular flexibility index (Phi) is 3.68. The summed E-state index contributed by atoms with van der Waals surface area (Å²) < 4.78 is 7.69. The summed E-state index contributed by atoms with van der Waals surface area (Å²) in [7, 11) is 3.83. The fraction of sp³-hybridized carbons (Fsp3) is 0.500. The van der Waals surface area contributed by atoms with Gasteiger partial charge in [0.05, 0.1) is 12.6 Å². The lowest BCUT2D eigenvalue weighted by Gasteiger charge is -2.32. The molecule has 3 rings (SSSR count). The van der Waals surface area contributed by atoms with Crippen LogP contribution in [0.15, 0.2) is 24.4 Å². The molecule has 0 amide bonds. The van der Waals surface area contributed by atoms with E-state index in [0.29, 0.717) is 6.04 Å². The van der Waals surface area contributed by atoms with E-state index in [-0.39, 0.29) is 0 Å². The van der Waals surface area contributed by atoms with Gasteiger partial charge in [-0.05, 0) is 18.6 Å². The zero-order valence-electron chi connectivity index (χ0n) is 12.5. The van der Waals surface area contributed by atoms with E-state index in [1.54, 1.807) is 7.11 Å². The zero-order valence-corrected chi connectivity index (χ0v) is 12.5. The van der Waals surface area contributed by atoms with E-state index < -0.39 is 0 Å². The first-order valence-electron chi connectivity index (χ1n) is 7.29. The second kappa shape index (κ2) is 5.46. The summed E-state index contributed by atoms with van der Waals surface area (Å²) in [5.41, 5.74) is 2.58. The van der Waals surface area contributed by atoms with Crippen LogP contribution in [0.2, 0.25) is 0 Å². The summed E-state index contributed by atoms with van der Waals surface area (Å²) in [4.78, 5) is 2.55. The molecule has 0 saturated carbocycles. The number of rotatable bonds is 3. The number of piperazine rings is 1. The van der Waals surface area contributed by atoms with Crippen molar-refractivity contribution in [2.45, 2.75) is 13.0 Å². The van der Waals surface area contributed by atoms with E-state index in [0.717, 1.165) is 31.9 Å². The Labute approximate surface area is 120 Å². The molecule has 1 aliphatic rings. The predicted octanol–water partition coefficient (Wildman–Crippen LogP) is 2.15. The average molecular weight is 273 g/mol. The molecular weight excluding hydrogens is 250 g/mol. The summed E-state index contributed by atoms with van der Waals surface area (Å²) in [5.74, 6) is 0.948. The van der Waals surface area contributed by atoms with E-state index in [4.69, 9.17) is 4.74 Å². The number of hydrogen-bond donors (Lipinski definition) is 1. The van der Waals surface area contributed by atoms with Crippen LogP contribution in [0.4, 0.5) is 0 Å². The molecule has 0 bridgehead atoms. The number of nitrogens with one attached hydrogen (secondary N) is 1. The van der Waals surface area contributed by atoms with Gasteiger partial charge in [-0.1, -0.05) is 12.1 Å². The molecule has 1 aromatic heterocycles. The quantitative estimate of drug-likeness (QED) is 0.929. The lowest BCUT2D eigenvalue weighted by Crippen LogP contribution is -2.44. The number of methoxy groups -OCH3 is 1. The van der Waals surface area contributed by atoms with Gasteiger partial charge in [-0.3, -0.25) is 4.90 Å². The Morgan fingerprint density at radius 1 is 1.25 bits per heavy atom. The van der Waals surface area contributed by atoms with Gasteiger partial charge in [0.1, 0.15) is 5.75 Å². The van der Waals surface area contributed by atoms with Crippen molar-refractivity contribution in [3.05, 3.63) is 30.0 Å². The zero-order chi connectivity index (χ0) is 14.1. The first kappa shape index (κ1) is 13.5. The molecule has 1 aromatic carbocycles.